The number of carbonyl (C=O) groups excluding carboxylic acids is 2. The number of thioether (sulfide) groups is 1. The third-order valence-electron chi connectivity index (χ3n) is 4.44. The van der Waals surface area contributed by atoms with Crippen molar-refractivity contribution in [3.63, 3.8) is 0 Å². The number of nitrogens with one attached hydrogen (secondary N) is 1. The number of aromatic nitrogens is 4. The fourth-order valence-electron chi connectivity index (χ4n) is 3.01. The average Bonchev–Trinajstić information content (AvgIpc) is 3.23. The molecule has 2 aromatic carbocycles. The fraction of sp³-hybridized carbons (Fsp3) is 0.136. The van der Waals surface area contributed by atoms with E-state index in [9.17, 15) is 14.0 Å². The molecule has 0 unspecified atom stereocenters. The number of para-hydroxylation sites is 1. The molecule has 0 bridgehead atoms. The van der Waals surface area contributed by atoms with Crippen LogP contribution in [0.25, 0.3) is 16.7 Å². The Morgan fingerprint density at radius 2 is 1.91 bits per heavy atom. The first kappa shape index (κ1) is 21.4. The first-order chi connectivity index (χ1) is 15.6. The number of ether oxygens (including phenoxy) is 1. The number of fused-ring (bicyclic) bond motifs is 1. The molecule has 0 radical (unpaired) electrons. The van der Waals surface area contributed by atoms with E-state index in [1.165, 1.54) is 30.2 Å². The van der Waals surface area contributed by atoms with E-state index in [1.54, 1.807) is 54.2 Å². The lowest BCUT2D eigenvalue weighted by atomic mass is 10.2. The number of rotatable bonds is 7. The largest absolute Gasteiger partial charge is 0.462 e. The lowest BCUT2D eigenvalue weighted by Crippen LogP contribution is -2.17. The molecule has 0 saturated carbocycles. The van der Waals surface area contributed by atoms with Crippen LogP contribution in [0.3, 0.4) is 0 Å². The maximum Gasteiger partial charge on any atom is 0.340 e. The van der Waals surface area contributed by atoms with Crippen molar-refractivity contribution >= 4 is 40.4 Å². The number of esters is 1. The molecule has 0 atom stereocenters. The van der Waals surface area contributed by atoms with Gasteiger partial charge in [0.2, 0.25) is 5.91 Å². The Morgan fingerprint density at radius 1 is 1.12 bits per heavy atom. The second-order valence-electron chi connectivity index (χ2n) is 6.55. The summed E-state index contributed by atoms with van der Waals surface area (Å²) in [5, 5.41) is 8.32. The van der Waals surface area contributed by atoms with Gasteiger partial charge in [-0.05, 0) is 43.3 Å². The molecule has 162 valence electrons. The van der Waals surface area contributed by atoms with Gasteiger partial charge in [0.25, 0.3) is 0 Å². The van der Waals surface area contributed by atoms with E-state index in [1.807, 2.05) is 0 Å². The second-order valence-corrected chi connectivity index (χ2v) is 7.52. The van der Waals surface area contributed by atoms with Crippen LogP contribution in [0.1, 0.15) is 17.3 Å². The van der Waals surface area contributed by atoms with Crippen molar-refractivity contribution in [1.29, 1.82) is 0 Å². The van der Waals surface area contributed by atoms with E-state index in [-0.39, 0.29) is 29.6 Å². The van der Waals surface area contributed by atoms with E-state index < -0.39 is 5.97 Å². The topological polar surface area (TPSA) is 99.0 Å². The van der Waals surface area contributed by atoms with Crippen LogP contribution >= 0.6 is 11.8 Å². The smallest absolute Gasteiger partial charge is 0.340 e. The fourth-order valence-corrected chi connectivity index (χ4v) is 3.77. The molecule has 1 N–H and O–H groups in total. The van der Waals surface area contributed by atoms with Gasteiger partial charge >= 0.3 is 5.97 Å². The highest BCUT2D eigenvalue weighted by molar-refractivity contribution is 8.00. The van der Waals surface area contributed by atoms with Gasteiger partial charge in [0.05, 0.1) is 40.9 Å². The normalized spacial score (nSPS) is 10.8. The Balaban J connectivity index is 1.49. The van der Waals surface area contributed by atoms with Crippen molar-refractivity contribution in [3.8, 4) is 5.69 Å². The number of hydrogen-bond donors (Lipinski definition) is 1. The molecule has 1 amide bonds. The molecule has 0 saturated heterocycles. The van der Waals surface area contributed by atoms with Crippen LogP contribution in [-0.2, 0) is 9.53 Å². The zero-order valence-corrected chi connectivity index (χ0v) is 17.8. The highest BCUT2D eigenvalue weighted by Crippen LogP contribution is 2.26. The van der Waals surface area contributed by atoms with Gasteiger partial charge in [-0.15, -0.1) is 0 Å². The summed E-state index contributed by atoms with van der Waals surface area (Å²) in [4.78, 5) is 33.2. The molecule has 0 spiro atoms. The van der Waals surface area contributed by atoms with E-state index in [0.29, 0.717) is 27.4 Å². The van der Waals surface area contributed by atoms with Gasteiger partial charge in [0, 0.05) is 0 Å². The summed E-state index contributed by atoms with van der Waals surface area (Å²) in [6.45, 7) is 1.96. The van der Waals surface area contributed by atoms with E-state index in [4.69, 9.17) is 4.74 Å². The maximum absolute atomic E-state index is 13.2. The quantitative estimate of drug-likeness (QED) is 0.259. The third kappa shape index (κ3) is 4.59. The Kier molecular flexibility index (Phi) is 6.41. The van der Waals surface area contributed by atoms with Crippen LogP contribution in [0, 0.1) is 5.82 Å². The Bertz CT molecular complexity index is 1280. The van der Waals surface area contributed by atoms with Gasteiger partial charge < -0.3 is 10.1 Å². The highest BCUT2D eigenvalue weighted by atomic mass is 32.2. The van der Waals surface area contributed by atoms with E-state index in [0.717, 1.165) is 0 Å². The Labute approximate surface area is 186 Å². The SMILES string of the molecule is CCOC(=O)c1ccccc1NC(=O)CSc1ncnc2c1cnn2-c1ccc(F)cc1. The van der Waals surface area contributed by atoms with Crippen molar-refractivity contribution in [2.75, 3.05) is 17.7 Å². The standard InChI is InChI=1S/C22H18FN5O3S/c1-2-31-22(30)16-5-3-4-6-18(16)27-19(29)12-32-21-17-11-26-28(20(17)24-13-25-21)15-9-7-14(23)8-10-15/h3-11,13H,2,12H2,1H3,(H,27,29). The molecule has 4 aromatic rings. The number of anilines is 1. The molecular formula is C22H18FN5O3S. The zero-order chi connectivity index (χ0) is 22.5. The first-order valence-electron chi connectivity index (χ1n) is 9.70. The van der Waals surface area contributed by atoms with Crippen molar-refractivity contribution < 1.29 is 18.7 Å². The molecule has 4 rings (SSSR count). The minimum absolute atomic E-state index is 0.0605. The maximum atomic E-state index is 13.2. The molecule has 2 aromatic heterocycles. The van der Waals surface area contributed by atoms with Crippen LogP contribution < -0.4 is 5.32 Å². The average molecular weight is 451 g/mol. The van der Waals surface area contributed by atoms with Crippen molar-refractivity contribution in [2.24, 2.45) is 0 Å². The van der Waals surface area contributed by atoms with Gasteiger partial charge in [0.1, 0.15) is 17.2 Å². The van der Waals surface area contributed by atoms with Crippen molar-refractivity contribution in [3.05, 3.63) is 72.4 Å². The van der Waals surface area contributed by atoms with Crippen LogP contribution in [0.2, 0.25) is 0 Å². The molecule has 0 aliphatic heterocycles. The van der Waals surface area contributed by atoms with Gasteiger partial charge in [-0.2, -0.15) is 5.10 Å². The Morgan fingerprint density at radius 3 is 2.69 bits per heavy atom. The number of halogens is 1. The molecular weight excluding hydrogens is 433 g/mol. The van der Waals surface area contributed by atoms with Crippen LogP contribution in [-0.4, -0.2) is 44.0 Å². The summed E-state index contributed by atoms with van der Waals surface area (Å²) < 4.78 is 19.8. The van der Waals surface area contributed by atoms with Gasteiger partial charge in [-0.25, -0.2) is 23.8 Å². The highest BCUT2D eigenvalue weighted by Gasteiger charge is 2.16. The molecule has 0 aliphatic rings. The van der Waals surface area contributed by atoms with Crippen LogP contribution in [0.15, 0.2) is 66.1 Å². The predicted octanol–water partition coefficient (Wildman–Crippen LogP) is 3.86. The number of carbonyl (C=O) groups is 2. The van der Waals surface area contributed by atoms with Gasteiger partial charge in [0.15, 0.2) is 5.65 Å². The Hall–Kier alpha value is -3.79. The number of nitrogens with zero attached hydrogens (tertiary/aromatic N) is 4. The summed E-state index contributed by atoms with van der Waals surface area (Å²) in [5.41, 5.74) is 1.87. The van der Waals surface area contributed by atoms with Crippen molar-refractivity contribution in [1.82, 2.24) is 19.7 Å². The summed E-state index contributed by atoms with van der Waals surface area (Å²) >= 11 is 1.22. The lowest BCUT2D eigenvalue weighted by Gasteiger charge is -2.10. The third-order valence-corrected chi connectivity index (χ3v) is 5.44. The minimum Gasteiger partial charge on any atom is -0.462 e. The number of amides is 1. The monoisotopic (exact) mass is 451 g/mol. The number of hydrogen-bond acceptors (Lipinski definition) is 7. The first-order valence-corrected chi connectivity index (χ1v) is 10.7. The summed E-state index contributed by atoms with van der Waals surface area (Å²) in [7, 11) is 0. The molecule has 0 aliphatic carbocycles. The predicted molar refractivity (Wildman–Crippen MR) is 118 cm³/mol. The zero-order valence-electron chi connectivity index (χ0n) is 17.0. The molecule has 8 nitrogen and oxygen atoms in total. The van der Waals surface area contributed by atoms with Crippen LogP contribution in [0.5, 0.6) is 0 Å². The molecule has 32 heavy (non-hydrogen) atoms. The summed E-state index contributed by atoms with van der Waals surface area (Å²) in [6, 6.07) is 12.6. The minimum atomic E-state index is -0.498. The van der Waals surface area contributed by atoms with Crippen molar-refractivity contribution in [2.45, 2.75) is 11.9 Å². The van der Waals surface area contributed by atoms with Crippen LogP contribution in [0.4, 0.5) is 10.1 Å². The molecule has 0 fully saturated rings. The van der Waals surface area contributed by atoms with E-state index in [2.05, 4.69) is 20.4 Å². The molecule has 10 heteroatoms. The van der Waals surface area contributed by atoms with E-state index >= 15 is 0 Å². The molecule has 2 heterocycles. The summed E-state index contributed by atoms with van der Waals surface area (Å²) in [6.07, 6.45) is 3.00. The van der Waals surface area contributed by atoms with Gasteiger partial charge in [-0.1, -0.05) is 23.9 Å². The lowest BCUT2D eigenvalue weighted by molar-refractivity contribution is -0.113. The number of benzene rings is 2. The summed E-state index contributed by atoms with van der Waals surface area (Å²) in [5.74, 6) is -1.08. The second kappa shape index (κ2) is 9.56. The van der Waals surface area contributed by atoms with Gasteiger partial charge in [-0.3, -0.25) is 4.79 Å².